The van der Waals surface area contributed by atoms with E-state index < -0.39 is 0 Å². The monoisotopic (exact) mass is 360 g/mol. The van der Waals surface area contributed by atoms with Crippen LogP contribution in [0.4, 0.5) is 5.69 Å². The Hall–Kier alpha value is -2.24. The number of rotatable bonds is 5. The van der Waals surface area contributed by atoms with E-state index in [-0.39, 0.29) is 5.91 Å². The normalized spacial score (nSPS) is 15.2. The number of para-hydroxylation sites is 2. The Morgan fingerprint density at radius 2 is 1.80 bits per heavy atom. The van der Waals surface area contributed by atoms with Gasteiger partial charge in [-0.05, 0) is 23.8 Å². The number of anilines is 1. The molecule has 1 saturated heterocycles. The predicted octanol–water partition coefficient (Wildman–Crippen LogP) is 1.07. The van der Waals surface area contributed by atoms with Gasteiger partial charge in [0.25, 0.3) is 5.91 Å². The standard InChI is InChI=1S/C19H22ClN3O2/c20-16-6-2-1-5-15(16)13-21-19(25)14-22-9-11-23(12-10-22)17-7-3-4-8-18(17)24/h1-8,24H,9-14H2,(H,21,25)/p+1. The molecule has 0 aliphatic carbocycles. The van der Waals surface area contributed by atoms with Crippen LogP contribution >= 0.6 is 11.6 Å². The van der Waals surface area contributed by atoms with E-state index >= 15 is 0 Å². The van der Waals surface area contributed by atoms with Crippen molar-refractivity contribution in [3.8, 4) is 5.75 Å². The number of aromatic hydroxyl groups is 1. The zero-order valence-corrected chi connectivity index (χ0v) is 14.8. The highest BCUT2D eigenvalue weighted by molar-refractivity contribution is 6.31. The summed E-state index contributed by atoms with van der Waals surface area (Å²) in [5.41, 5.74) is 1.79. The molecule has 0 atom stereocenters. The minimum absolute atomic E-state index is 0.0333. The van der Waals surface area contributed by atoms with Gasteiger partial charge in [0.05, 0.1) is 31.9 Å². The molecule has 2 aromatic rings. The van der Waals surface area contributed by atoms with E-state index in [4.69, 9.17) is 11.6 Å². The van der Waals surface area contributed by atoms with Crippen LogP contribution in [0.2, 0.25) is 5.02 Å². The zero-order valence-electron chi connectivity index (χ0n) is 14.0. The van der Waals surface area contributed by atoms with Crippen LogP contribution < -0.4 is 15.1 Å². The quantitative estimate of drug-likeness (QED) is 0.747. The summed E-state index contributed by atoms with van der Waals surface area (Å²) in [5, 5.41) is 13.6. The maximum absolute atomic E-state index is 12.2. The number of hydrogen-bond donors (Lipinski definition) is 3. The van der Waals surface area contributed by atoms with Crippen LogP contribution in [0.5, 0.6) is 5.75 Å². The average Bonchev–Trinajstić information content (AvgIpc) is 2.62. The number of carbonyl (C=O) groups is 1. The molecule has 0 unspecified atom stereocenters. The number of halogens is 1. The van der Waals surface area contributed by atoms with Crippen LogP contribution in [0.1, 0.15) is 5.56 Å². The molecule has 1 aliphatic heterocycles. The molecular formula is C19H23ClN3O2+. The Labute approximate surface area is 152 Å². The molecule has 0 radical (unpaired) electrons. The van der Waals surface area contributed by atoms with Gasteiger partial charge in [-0.1, -0.05) is 41.9 Å². The average molecular weight is 361 g/mol. The van der Waals surface area contributed by atoms with E-state index in [1.54, 1.807) is 6.07 Å². The fourth-order valence-electron chi connectivity index (χ4n) is 3.10. The first-order valence-electron chi connectivity index (χ1n) is 8.50. The molecule has 0 spiro atoms. The Kier molecular flexibility index (Phi) is 5.79. The lowest BCUT2D eigenvalue weighted by molar-refractivity contribution is -0.892. The van der Waals surface area contributed by atoms with E-state index in [0.29, 0.717) is 23.9 Å². The number of quaternary nitrogens is 1. The molecule has 0 aromatic heterocycles. The van der Waals surface area contributed by atoms with E-state index in [9.17, 15) is 9.90 Å². The molecule has 3 N–H and O–H groups in total. The second-order valence-electron chi connectivity index (χ2n) is 6.27. The SMILES string of the molecule is O=C(C[NH+]1CCN(c2ccccc2O)CC1)NCc1ccccc1Cl. The van der Waals surface area contributed by atoms with Gasteiger partial charge in [0.2, 0.25) is 0 Å². The second kappa shape index (κ2) is 8.23. The third-order valence-electron chi connectivity index (χ3n) is 4.54. The number of nitrogens with zero attached hydrogens (tertiary/aromatic N) is 1. The summed E-state index contributed by atoms with van der Waals surface area (Å²) in [6, 6.07) is 14.9. The van der Waals surface area contributed by atoms with Crippen LogP contribution in [0.3, 0.4) is 0 Å². The van der Waals surface area contributed by atoms with Gasteiger partial charge in [-0.25, -0.2) is 0 Å². The topological polar surface area (TPSA) is 57.0 Å². The summed E-state index contributed by atoms with van der Waals surface area (Å²) in [4.78, 5) is 15.6. The molecule has 2 aromatic carbocycles. The third-order valence-corrected chi connectivity index (χ3v) is 4.91. The lowest BCUT2D eigenvalue weighted by atomic mass is 10.2. The molecule has 0 saturated carbocycles. The van der Waals surface area contributed by atoms with Crippen molar-refractivity contribution < 1.29 is 14.8 Å². The minimum atomic E-state index is 0.0333. The first-order valence-corrected chi connectivity index (χ1v) is 8.88. The number of piperazine rings is 1. The highest BCUT2D eigenvalue weighted by Gasteiger charge is 2.23. The number of benzene rings is 2. The van der Waals surface area contributed by atoms with E-state index in [0.717, 1.165) is 37.4 Å². The maximum atomic E-state index is 12.2. The number of amides is 1. The Morgan fingerprint density at radius 1 is 1.12 bits per heavy atom. The smallest absolute Gasteiger partial charge is 0.275 e. The molecule has 25 heavy (non-hydrogen) atoms. The van der Waals surface area contributed by atoms with Gasteiger partial charge in [-0.2, -0.15) is 0 Å². The fraction of sp³-hybridized carbons (Fsp3) is 0.316. The van der Waals surface area contributed by atoms with Gasteiger partial charge >= 0.3 is 0 Å². The van der Waals surface area contributed by atoms with E-state index in [1.807, 2.05) is 42.5 Å². The van der Waals surface area contributed by atoms with Crippen molar-refractivity contribution in [3.63, 3.8) is 0 Å². The van der Waals surface area contributed by atoms with Crippen molar-refractivity contribution in [2.45, 2.75) is 6.54 Å². The molecule has 0 bridgehead atoms. The summed E-state index contributed by atoms with van der Waals surface area (Å²) in [6.45, 7) is 4.30. The first kappa shape index (κ1) is 17.6. The lowest BCUT2D eigenvalue weighted by Crippen LogP contribution is -3.15. The van der Waals surface area contributed by atoms with Crippen LogP contribution in [-0.4, -0.2) is 43.7 Å². The molecule has 5 nitrogen and oxygen atoms in total. The predicted molar refractivity (Wildman–Crippen MR) is 99.2 cm³/mol. The number of phenolic OH excluding ortho intramolecular Hbond substituents is 1. The summed E-state index contributed by atoms with van der Waals surface area (Å²) in [7, 11) is 0. The Balaban J connectivity index is 1.45. The molecule has 1 amide bonds. The Morgan fingerprint density at radius 3 is 2.52 bits per heavy atom. The lowest BCUT2D eigenvalue weighted by Gasteiger charge is -2.33. The fourth-order valence-corrected chi connectivity index (χ4v) is 3.30. The van der Waals surface area contributed by atoms with E-state index in [1.165, 1.54) is 4.90 Å². The van der Waals surface area contributed by atoms with Crippen molar-refractivity contribution in [3.05, 3.63) is 59.1 Å². The number of nitrogens with one attached hydrogen (secondary N) is 2. The van der Waals surface area contributed by atoms with Crippen molar-refractivity contribution in [1.29, 1.82) is 0 Å². The van der Waals surface area contributed by atoms with Crippen LogP contribution in [-0.2, 0) is 11.3 Å². The third kappa shape index (κ3) is 4.65. The molecular weight excluding hydrogens is 338 g/mol. The number of hydrogen-bond acceptors (Lipinski definition) is 3. The molecule has 3 rings (SSSR count). The summed E-state index contributed by atoms with van der Waals surface area (Å²) >= 11 is 6.10. The van der Waals surface area contributed by atoms with Crippen molar-refractivity contribution in [1.82, 2.24) is 5.32 Å². The van der Waals surface area contributed by atoms with Gasteiger partial charge < -0.3 is 20.2 Å². The van der Waals surface area contributed by atoms with Crippen molar-refractivity contribution in [2.24, 2.45) is 0 Å². The van der Waals surface area contributed by atoms with Gasteiger partial charge in [0.15, 0.2) is 6.54 Å². The van der Waals surface area contributed by atoms with Crippen molar-refractivity contribution in [2.75, 3.05) is 37.6 Å². The highest BCUT2D eigenvalue weighted by atomic mass is 35.5. The molecule has 1 fully saturated rings. The second-order valence-corrected chi connectivity index (χ2v) is 6.68. The Bertz CT molecular complexity index is 730. The molecule has 6 heteroatoms. The van der Waals surface area contributed by atoms with Crippen LogP contribution in [0.25, 0.3) is 0 Å². The summed E-state index contributed by atoms with van der Waals surface area (Å²) < 4.78 is 0. The molecule has 1 aliphatic rings. The number of carbonyl (C=O) groups excluding carboxylic acids is 1. The van der Waals surface area contributed by atoms with Gasteiger partial charge in [-0.15, -0.1) is 0 Å². The van der Waals surface area contributed by atoms with Crippen LogP contribution in [0, 0.1) is 0 Å². The largest absolute Gasteiger partial charge is 0.506 e. The van der Waals surface area contributed by atoms with Crippen LogP contribution in [0.15, 0.2) is 48.5 Å². The first-order chi connectivity index (χ1) is 12.1. The molecule has 1 heterocycles. The van der Waals surface area contributed by atoms with Crippen molar-refractivity contribution >= 4 is 23.2 Å². The highest BCUT2D eigenvalue weighted by Crippen LogP contribution is 2.25. The number of phenols is 1. The molecule has 132 valence electrons. The minimum Gasteiger partial charge on any atom is -0.506 e. The van der Waals surface area contributed by atoms with Gasteiger partial charge in [0, 0.05) is 11.6 Å². The van der Waals surface area contributed by atoms with E-state index in [2.05, 4.69) is 10.2 Å². The summed E-state index contributed by atoms with van der Waals surface area (Å²) in [5.74, 6) is 0.342. The van der Waals surface area contributed by atoms with Gasteiger partial charge in [-0.3, -0.25) is 4.79 Å². The summed E-state index contributed by atoms with van der Waals surface area (Å²) in [6.07, 6.45) is 0. The maximum Gasteiger partial charge on any atom is 0.275 e. The zero-order chi connectivity index (χ0) is 17.6. The van der Waals surface area contributed by atoms with Gasteiger partial charge in [0.1, 0.15) is 5.75 Å².